The molecule has 0 unspecified atom stereocenters. The number of aromatic nitrogens is 4. The molecule has 0 aliphatic rings. The van der Waals surface area contributed by atoms with Crippen molar-refractivity contribution in [2.75, 3.05) is 0 Å². The van der Waals surface area contributed by atoms with Crippen molar-refractivity contribution in [1.82, 2.24) is 19.1 Å². The molecular formula is C81H84N4OSi. The molecule has 0 amide bonds. The number of phenolic OH excluding ortho intramolecular Hbond substituents is 1. The van der Waals surface area contributed by atoms with Crippen LogP contribution in [0, 0.1) is 0 Å². The SMILES string of the molecule is CC(C)c1cc(-c2ccccc2)cc(C(C)C)c1-c1ccc(-n2c3ccccc3c3c(-c4cc(-c5cccc6c5nc(-c5cc(C(C)(C)C)cc(C(C)(C)C)c5O)n6-c5ccc([Si](C)(C)C)cc5-c5ccccc5)cc(C(C)(C)C)c4)nccc32)cc1. The molecule has 87 heavy (non-hydrogen) atoms. The van der Waals surface area contributed by atoms with Gasteiger partial charge in [0.2, 0.25) is 0 Å². The van der Waals surface area contributed by atoms with Gasteiger partial charge in [0.15, 0.2) is 0 Å². The summed E-state index contributed by atoms with van der Waals surface area (Å²) in [5.74, 6) is 1.63. The van der Waals surface area contributed by atoms with Crippen LogP contribution in [0.5, 0.6) is 5.75 Å². The molecule has 1 N–H and O–H groups in total. The molecule has 0 saturated carbocycles. The summed E-state index contributed by atoms with van der Waals surface area (Å²) in [6.45, 7) is 36.7. The molecule has 0 radical (unpaired) electrons. The van der Waals surface area contributed by atoms with E-state index in [2.05, 4.69) is 313 Å². The predicted octanol–water partition coefficient (Wildman–Crippen LogP) is 21.9. The first-order valence-corrected chi connectivity index (χ1v) is 34.7. The van der Waals surface area contributed by atoms with Crippen LogP contribution >= 0.6 is 0 Å². The minimum atomic E-state index is -1.76. The number of phenols is 1. The van der Waals surface area contributed by atoms with Crippen molar-refractivity contribution in [2.45, 2.75) is 138 Å². The van der Waals surface area contributed by atoms with Gasteiger partial charge in [-0.2, -0.15) is 0 Å². The van der Waals surface area contributed by atoms with Gasteiger partial charge in [0.05, 0.1) is 47.1 Å². The van der Waals surface area contributed by atoms with E-state index in [0.717, 1.165) is 88.9 Å². The zero-order valence-electron chi connectivity index (χ0n) is 53.9. The fraction of sp³-hybridized carbons (Fsp3) is 0.259. The lowest BCUT2D eigenvalue weighted by Crippen LogP contribution is -2.37. The first kappa shape index (κ1) is 58.8. The van der Waals surface area contributed by atoms with Crippen LogP contribution in [0.4, 0.5) is 0 Å². The Morgan fingerprint density at radius 1 is 0.448 bits per heavy atom. The smallest absolute Gasteiger partial charge is 0.149 e. The van der Waals surface area contributed by atoms with Gasteiger partial charge in [0.1, 0.15) is 11.6 Å². The number of rotatable bonds is 11. The second-order valence-electron chi connectivity index (χ2n) is 28.9. The monoisotopic (exact) mass is 1160 g/mol. The van der Waals surface area contributed by atoms with Crippen LogP contribution in [0.2, 0.25) is 19.6 Å². The van der Waals surface area contributed by atoms with Crippen LogP contribution in [0.25, 0.3) is 111 Å². The summed E-state index contributed by atoms with van der Waals surface area (Å²) < 4.78 is 4.75. The molecule has 438 valence electrons. The molecule has 5 nitrogen and oxygen atoms in total. The highest BCUT2D eigenvalue weighted by atomic mass is 28.3. The van der Waals surface area contributed by atoms with E-state index in [1.54, 1.807) is 0 Å². The van der Waals surface area contributed by atoms with Crippen molar-refractivity contribution in [3.8, 4) is 84.3 Å². The van der Waals surface area contributed by atoms with Gasteiger partial charge in [0.25, 0.3) is 0 Å². The summed E-state index contributed by atoms with van der Waals surface area (Å²) in [4.78, 5) is 11.2. The Hall–Kier alpha value is -8.58. The maximum Gasteiger partial charge on any atom is 0.149 e. The fourth-order valence-corrected chi connectivity index (χ4v) is 14.0. The highest BCUT2D eigenvalue weighted by molar-refractivity contribution is 6.88. The van der Waals surface area contributed by atoms with Gasteiger partial charge in [0, 0.05) is 44.9 Å². The zero-order valence-corrected chi connectivity index (χ0v) is 54.9. The average Bonchev–Trinajstić information content (AvgIpc) is 2.00. The number of fused-ring (bicyclic) bond motifs is 4. The number of benzene rings is 9. The molecule has 9 aromatic carbocycles. The van der Waals surface area contributed by atoms with Gasteiger partial charge in [-0.1, -0.05) is 254 Å². The minimum absolute atomic E-state index is 0.206. The molecule has 3 aromatic heterocycles. The number of hydrogen-bond acceptors (Lipinski definition) is 3. The van der Waals surface area contributed by atoms with Crippen LogP contribution in [-0.4, -0.2) is 32.3 Å². The Bertz CT molecular complexity index is 4560. The Morgan fingerprint density at radius 3 is 1.67 bits per heavy atom. The van der Waals surface area contributed by atoms with Crippen LogP contribution in [0.15, 0.2) is 200 Å². The number of pyridine rings is 1. The number of para-hydroxylation sites is 2. The predicted molar refractivity (Wildman–Crippen MR) is 375 cm³/mol. The number of aromatic hydroxyl groups is 1. The first-order valence-electron chi connectivity index (χ1n) is 31.2. The van der Waals surface area contributed by atoms with E-state index in [0.29, 0.717) is 23.2 Å². The van der Waals surface area contributed by atoms with Gasteiger partial charge in [-0.25, -0.2) is 4.98 Å². The summed E-state index contributed by atoms with van der Waals surface area (Å²) in [6.07, 6.45) is 1.99. The maximum absolute atomic E-state index is 12.8. The zero-order chi connectivity index (χ0) is 61.6. The summed E-state index contributed by atoms with van der Waals surface area (Å²) in [7, 11) is -1.76. The second-order valence-corrected chi connectivity index (χ2v) is 34.0. The van der Waals surface area contributed by atoms with E-state index in [4.69, 9.17) is 9.97 Å². The molecule has 0 saturated heterocycles. The van der Waals surface area contributed by atoms with E-state index in [1.807, 2.05) is 6.20 Å². The largest absolute Gasteiger partial charge is 0.507 e. The van der Waals surface area contributed by atoms with E-state index in [-0.39, 0.29) is 22.0 Å². The third kappa shape index (κ3) is 10.9. The standard InChI is InChI=1S/C81H84N4OSi/c1-50(2)64-45-55(52-26-19-17-20-27-52)46-65(51(3)4)73(64)54-34-36-60(37-35-54)84-69-32-24-23-30-63(69)74-71(84)40-41-82-75(74)57-42-56(43-58(44-57)79(5,6)7)62-31-25-33-72-76(62)83-78(67-47-59(80(8,9)10)48-68(77(67)86)81(11,12)13)85(72)70-39-38-61(87(14,15)16)49-66(70)53-28-21-18-22-29-53/h17-51,86H,1-16H3. The van der Waals surface area contributed by atoms with Crippen molar-refractivity contribution < 1.29 is 5.11 Å². The molecule has 3 heterocycles. The molecule has 6 heteroatoms. The third-order valence-corrected chi connectivity index (χ3v) is 19.9. The van der Waals surface area contributed by atoms with Crippen molar-refractivity contribution in [3.63, 3.8) is 0 Å². The quantitative estimate of drug-likeness (QED) is 0.131. The van der Waals surface area contributed by atoms with E-state index >= 15 is 0 Å². The maximum atomic E-state index is 12.8. The van der Waals surface area contributed by atoms with Crippen molar-refractivity contribution in [1.29, 1.82) is 0 Å². The Labute approximate surface area is 517 Å². The second kappa shape index (κ2) is 22.0. The Kier molecular flexibility index (Phi) is 14.9. The molecule has 0 aliphatic heterocycles. The van der Waals surface area contributed by atoms with Crippen LogP contribution in [0.1, 0.15) is 130 Å². The van der Waals surface area contributed by atoms with Crippen molar-refractivity contribution in [2.24, 2.45) is 0 Å². The van der Waals surface area contributed by atoms with Crippen molar-refractivity contribution in [3.05, 3.63) is 228 Å². The molecule has 0 spiro atoms. The molecule has 12 aromatic rings. The van der Waals surface area contributed by atoms with Gasteiger partial charge in [-0.05, 0) is 138 Å². The van der Waals surface area contributed by atoms with Crippen LogP contribution in [-0.2, 0) is 16.2 Å². The Morgan fingerprint density at radius 2 is 1.05 bits per heavy atom. The summed E-state index contributed by atoms with van der Waals surface area (Å²) in [5.41, 5.74) is 23.4. The van der Waals surface area contributed by atoms with Gasteiger partial charge >= 0.3 is 0 Å². The van der Waals surface area contributed by atoms with E-state index < -0.39 is 8.07 Å². The molecule has 0 bridgehead atoms. The normalized spacial score (nSPS) is 12.6. The van der Waals surface area contributed by atoms with Crippen LogP contribution in [0.3, 0.4) is 0 Å². The minimum Gasteiger partial charge on any atom is -0.507 e. The molecule has 0 aliphatic carbocycles. The molecular weight excluding hydrogens is 1070 g/mol. The fourth-order valence-electron chi connectivity index (χ4n) is 12.9. The van der Waals surface area contributed by atoms with Gasteiger partial charge in [-0.15, -0.1) is 0 Å². The topological polar surface area (TPSA) is 55.9 Å². The van der Waals surface area contributed by atoms with Gasteiger partial charge < -0.3 is 9.67 Å². The van der Waals surface area contributed by atoms with Crippen LogP contribution < -0.4 is 5.19 Å². The van der Waals surface area contributed by atoms with Gasteiger partial charge in [-0.3, -0.25) is 9.55 Å². The third-order valence-electron chi connectivity index (χ3n) is 17.8. The lowest BCUT2D eigenvalue weighted by Gasteiger charge is -2.28. The average molecular weight is 1160 g/mol. The summed E-state index contributed by atoms with van der Waals surface area (Å²) >= 11 is 0. The number of nitrogens with zero attached hydrogens (tertiary/aromatic N) is 4. The molecule has 12 rings (SSSR count). The molecule has 0 fully saturated rings. The molecule has 0 atom stereocenters. The summed E-state index contributed by atoms with van der Waals surface area (Å²) in [6, 6.07) is 71.7. The number of imidazole rings is 1. The number of hydrogen-bond donors (Lipinski definition) is 1. The van der Waals surface area contributed by atoms with E-state index in [9.17, 15) is 5.11 Å². The highest BCUT2D eigenvalue weighted by Crippen LogP contribution is 2.48. The van der Waals surface area contributed by atoms with Crippen molar-refractivity contribution >= 4 is 46.1 Å². The summed E-state index contributed by atoms with van der Waals surface area (Å²) in [5, 5.41) is 16.4. The highest BCUT2D eigenvalue weighted by Gasteiger charge is 2.31. The van der Waals surface area contributed by atoms with E-state index in [1.165, 1.54) is 44.1 Å². The first-order chi connectivity index (χ1) is 41.3. The lowest BCUT2D eigenvalue weighted by atomic mass is 9.79. The Balaban J connectivity index is 1.07. The lowest BCUT2D eigenvalue weighted by molar-refractivity contribution is 0.446.